The van der Waals surface area contributed by atoms with Crippen LogP contribution < -0.4 is 0 Å². The topological polar surface area (TPSA) is 76.6 Å². The van der Waals surface area contributed by atoms with Crippen LogP contribution in [0.4, 0.5) is 5.69 Å². The van der Waals surface area contributed by atoms with Gasteiger partial charge in [-0.1, -0.05) is 42.8 Å². The number of amides is 1. The standard InChI is InChI=1S/C21H19ClN2O4/c1-2-15-5-7-16(8-6-15)13-23(14-18-4-3-11-28-18)21(25)19-12-17(24(26)27)9-10-20(19)22/h3-12H,2,13-14H2,1H3. The Morgan fingerprint density at radius 2 is 1.82 bits per heavy atom. The Morgan fingerprint density at radius 3 is 2.43 bits per heavy atom. The molecule has 1 amide bonds. The number of furan rings is 1. The van der Waals surface area contributed by atoms with E-state index in [1.54, 1.807) is 17.0 Å². The quantitative estimate of drug-likeness (QED) is 0.402. The highest BCUT2D eigenvalue weighted by Gasteiger charge is 2.22. The number of carbonyl (C=O) groups excluding carboxylic acids is 1. The molecule has 28 heavy (non-hydrogen) atoms. The Balaban J connectivity index is 1.92. The molecule has 0 aliphatic carbocycles. The van der Waals surface area contributed by atoms with Crippen molar-refractivity contribution in [1.29, 1.82) is 0 Å². The van der Waals surface area contributed by atoms with Gasteiger partial charge in [-0.2, -0.15) is 0 Å². The molecule has 0 atom stereocenters. The molecule has 0 saturated carbocycles. The fourth-order valence-corrected chi connectivity index (χ4v) is 3.05. The van der Waals surface area contributed by atoms with Crippen LogP contribution in [0.5, 0.6) is 0 Å². The Kier molecular flexibility index (Phi) is 6.11. The van der Waals surface area contributed by atoms with E-state index in [0.717, 1.165) is 12.0 Å². The number of aryl methyl sites for hydroxylation is 1. The van der Waals surface area contributed by atoms with Crippen molar-refractivity contribution in [2.24, 2.45) is 0 Å². The molecule has 1 aromatic heterocycles. The smallest absolute Gasteiger partial charge is 0.270 e. The van der Waals surface area contributed by atoms with Crippen LogP contribution in [0.15, 0.2) is 65.3 Å². The first-order valence-corrected chi connectivity index (χ1v) is 9.19. The van der Waals surface area contributed by atoms with Crippen LogP contribution in [0, 0.1) is 10.1 Å². The molecule has 6 nitrogen and oxygen atoms in total. The van der Waals surface area contributed by atoms with Gasteiger partial charge in [0.1, 0.15) is 5.76 Å². The lowest BCUT2D eigenvalue weighted by molar-refractivity contribution is -0.384. The van der Waals surface area contributed by atoms with E-state index >= 15 is 0 Å². The van der Waals surface area contributed by atoms with E-state index in [1.165, 1.54) is 30.0 Å². The van der Waals surface area contributed by atoms with E-state index in [9.17, 15) is 14.9 Å². The maximum atomic E-state index is 13.2. The minimum absolute atomic E-state index is 0.0904. The number of nitro benzene ring substituents is 1. The van der Waals surface area contributed by atoms with Gasteiger partial charge in [0.15, 0.2) is 0 Å². The summed E-state index contributed by atoms with van der Waals surface area (Å²) in [5.41, 5.74) is 2.05. The van der Waals surface area contributed by atoms with Crippen molar-refractivity contribution in [2.75, 3.05) is 0 Å². The Bertz CT molecular complexity index is 969. The molecule has 0 unspecified atom stereocenters. The summed E-state index contributed by atoms with van der Waals surface area (Å²) in [4.78, 5) is 25.3. The third-order valence-corrected chi connectivity index (χ3v) is 4.74. The molecule has 3 rings (SSSR count). The van der Waals surface area contributed by atoms with E-state index in [-0.39, 0.29) is 22.8 Å². The zero-order valence-electron chi connectivity index (χ0n) is 15.3. The molecule has 0 saturated heterocycles. The maximum absolute atomic E-state index is 13.2. The molecule has 144 valence electrons. The normalized spacial score (nSPS) is 10.6. The molecule has 2 aromatic carbocycles. The lowest BCUT2D eigenvalue weighted by Crippen LogP contribution is -2.30. The van der Waals surface area contributed by atoms with Crippen LogP contribution in [0.25, 0.3) is 0 Å². The van der Waals surface area contributed by atoms with Crippen LogP contribution in [0.3, 0.4) is 0 Å². The van der Waals surface area contributed by atoms with Gasteiger partial charge in [-0.05, 0) is 35.7 Å². The monoisotopic (exact) mass is 398 g/mol. The number of benzene rings is 2. The number of hydrogen-bond acceptors (Lipinski definition) is 4. The molecule has 0 aliphatic rings. The van der Waals surface area contributed by atoms with Gasteiger partial charge in [0.2, 0.25) is 0 Å². The number of hydrogen-bond donors (Lipinski definition) is 0. The third-order valence-electron chi connectivity index (χ3n) is 4.41. The molecule has 0 aliphatic heterocycles. The molecular formula is C21H19ClN2O4. The van der Waals surface area contributed by atoms with Crippen LogP contribution in [0.1, 0.15) is 34.2 Å². The van der Waals surface area contributed by atoms with Gasteiger partial charge in [-0.3, -0.25) is 14.9 Å². The maximum Gasteiger partial charge on any atom is 0.270 e. The molecule has 0 spiro atoms. The number of non-ortho nitro benzene ring substituents is 1. The molecule has 0 N–H and O–H groups in total. The van der Waals surface area contributed by atoms with Gasteiger partial charge in [0, 0.05) is 18.7 Å². The molecule has 0 radical (unpaired) electrons. The second-order valence-electron chi connectivity index (χ2n) is 6.33. The number of nitrogens with zero attached hydrogens (tertiary/aromatic N) is 2. The SMILES string of the molecule is CCc1ccc(CN(Cc2ccco2)C(=O)c2cc([N+](=O)[O-])ccc2Cl)cc1. The van der Waals surface area contributed by atoms with Crippen LogP contribution >= 0.6 is 11.6 Å². The largest absolute Gasteiger partial charge is 0.467 e. The predicted octanol–water partition coefficient (Wildman–Crippen LogP) is 5.25. The van der Waals surface area contributed by atoms with Gasteiger partial charge in [-0.25, -0.2) is 0 Å². The number of nitro groups is 1. The number of carbonyl (C=O) groups is 1. The summed E-state index contributed by atoms with van der Waals surface area (Å²) in [5.74, 6) is 0.213. The van der Waals surface area contributed by atoms with Crippen molar-refractivity contribution in [1.82, 2.24) is 4.90 Å². The van der Waals surface area contributed by atoms with Crippen molar-refractivity contribution in [2.45, 2.75) is 26.4 Å². The van der Waals surface area contributed by atoms with Gasteiger partial charge in [-0.15, -0.1) is 0 Å². The summed E-state index contributed by atoms with van der Waals surface area (Å²) in [6.07, 6.45) is 2.47. The highest BCUT2D eigenvalue weighted by Crippen LogP contribution is 2.25. The van der Waals surface area contributed by atoms with E-state index in [0.29, 0.717) is 12.3 Å². The average molecular weight is 399 g/mol. The highest BCUT2D eigenvalue weighted by atomic mass is 35.5. The molecule has 0 fully saturated rings. The predicted molar refractivity (Wildman–Crippen MR) is 106 cm³/mol. The summed E-state index contributed by atoms with van der Waals surface area (Å²) in [5, 5.41) is 11.3. The minimum Gasteiger partial charge on any atom is -0.467 e. The van der Waals surface area contributed by atoms with Crippen molar-refractivity contribution in [3.05, 3.63) is 98.4 Å². The first-order valence-electron chi connectivity index (χ1n) is 8.81. The molecular weight excluding hydrogens is 380 g/mol. The van der Waals surface area contributed by atoms with Crippen molar-refractivity contribution < 1.29 is 14.1 Å². The minimum atomic E-state index is -0.548. The Morgan fingerprint density at radius 1 is 1.11 bits per heavy atom. The fourth-order valence-electron chi connectivity index (χ4n) is 2.85. The van der Waals surface area contributed by atoms with E-state index in [4.69, 9.17) is 16.0 Å². The third kappa shape index (κ3) is 4.58. The van der Waals surface area contributed by atoms with Crippen molar-refractivity contribution >= 4 is 23.2 Å². The van der Waals surface area contributed by atoms with Gasteiger partial charge in [0.05, 0.1) is 28.3 Å². The zero-order valence-corrected chi connectivity index (χ0v) is 16.1. The Labute approximate surface area is 167 Å². The van der Waals surface area contributed by atoms with Crippen LogP contribution in [0.2, 0.25) is 5.02 Å². The lowest BCUT2D eigenvalue weighted by atomic mass is 10.1. The highest BCUT2D eigenvalue weighted by molar-refractivity contribution is 6.33. The lowest BCUT2D eigenvalue weighted by Gasteiger charge is -2.22. The number of rotatable bonds is 7. The van der Waals surface area contributed by atoms with Gasteiger partial charge >= 0.3 is 0 Å². The molecule has 0 bridgehead atoms. The van der Waals surface area contributed by atoms with Crippen LogP contribution in [-0.2, 0) is 19.5 Å². The van der Waals surface area contributed by atoms with Gasteiger partial charge in [0.25, 0.3) is 11.6 Å². The van der Waals surface area contributed by atoms with Gasteiger partial charge < -0.3 is 9.32 Å². The summed E-state index contributed by atoms with van der Waals surface area (Å²) >= 11 is 6.17. The van der Waals surface area contributed by atoms with E-state index in [2.05, 4.69) is 6.92 Å². The first-order chi connectivity index (χ1) is 13.5. The summed E-state index contributed by atoms with van der Waals surface area (Å²) in [7, 11) is 0. The first kappa shape index (κ1) is 19.6. The summed E-state index contributed by atoms with van der Waals surface area (Å²) in [6.45, 7) is 2.62. The molecule has 3 aromatic rings. The summed E-state index contributed by atoms with van der Waals surface area (Å²) < 4.78 is 5.38. The second-order valence-corrected chi connectivity index (χ2v) is 6.74. The van der Waals surface area contributed by atoms with Crippen molar-refractivity contribution in [3.8, 4) is 0 Å². The van der Waals surface area contributed by atoms with E-state index in [1.807, 2.05) is 24.3 Å². The second kappa shape index (κ2) is 8.71. The zero-order chi connectivity index (χ0) is 20.1. The fraction of sp³-hybridized carbons (Fsp3) is 0.190. The molecule has 1 heterocycles. The number of halogens is 1. The van der Waals surface area contributed by atoms with Crippen LogP contribution in [-0.4, -0.2) is 15.7 Å². The van der Waals surface area contributed by atoms with E-state index < -0.39 is 10.8 Å². The molecule has 7 heteroatoms. The summed E-state index contributed by atoms with van der Waals surface area (Å²) in [6, 6.07) is 15.3. The average Bonchev–Trinajstić information content (AvgIpc) is 3.21. The Hall–Kier alpha value is -3.12. The van der Waals surface area contributed by atoms with Crippen molar-refractivity contribution in [3.63, 3.8) is 0 Å².